The minimum atomic E-state index is -0.837. The molecule has 1 aromatic carbocycles. The molecule has 30 heavy (non-hydrogen) atoms. The van der Waals surface area contributed by atoms with Crippen molar-refractivity contribution in [3.63, 3.8) is 0 Å². The fourth-order valence-corrected chi connectivity index (χ4v) is 5.16. The third-order valence-electron chi connectivity index (χ3n) is 5.84. The van der Waals surface area contributed by atoms with Gasteiger partial charge in [0.25, 0.3) is 5.91 Å². The molecule has 1 saturated carbocycles. The third-order valence-corrected chi connectivity index (χ3v) is 7.25. The predicted molar refractivity (Wildman–Crippen MR) is 119 cm³/mol. The number of hydrogen-bond donors (Lipinski definition) is 2. The van der Waals surface area contributed by atoms with Gasteiger partial charge in [-0.1, -0.05) is 35.0 Å². The second-order valence-corrected chi connectivity index (χ2v) is 10.2. The Morgan fingerprint density at radius 3 is 2.63 bits per heavy atom. The molecule has 1 aliphatic heterocycles. The minimum absolute atomic E-state index is 0.291. The van der Waals surface area contributed by atoms with Gasteiger partial charge in [-0.25, -0.2) is 9.78 Å². The summed E-state index contributed by atoms with van der Waals surface area (Å²) in [4.78, 5) is 44.4. The summed E-state index contributed by atoms with van der Waals surface area (Å²) < 4.78 is 0.978. The number of imide groups is 1. The summed E-state index contributed by atoms with van der Waals surface area (Å²) in [5.74, 6) is -0.179. The highest BCUT2D eigenvalue weighted by Crippen LogP contribution is 2.36. The number of halogens is 1. The second-order valence-electron chi connectivity index (χ2n) is 8.06. The number of aromatic nitrogens is 1. The largest absolute Gasteiger partial charge is 0.325 e. The molecule has 1 aromatic heterocycles. The van der Waals surface area contributed by atoms with E-state index in [1.54, 1.807) is 0 Å². The fraction of sp³-hybridized carbons (Fsp3) is 0.429. The molecule has 2 aliphatic rings. The molecule has 158 valence electrons. The molecule has 4 rings (SSSR count). The van der Waals surface area contributed by atoms with Crippen molar-refractivity contribution in [3.8, 4) is 11.3 Å². The van der Waals surface area contributed by atoms with E-state index in [1.165, 1.54) is 11.3 Å². The first-order chi connectivity index (χ1) is 14.3. The Hall–Kier alpha value is -2.26. The topological polar surface area (TPSA) is 91.4 Å². The highest BCUT2D eigenvalue weighted by Gasteiger charge is 2.52. The van der Waals surface area contributed by atoms with Gasteiger partial charge < -0.3 is 10.6 Å². The van der Waals surface area contributed by atoms with Crippen molar-refractivity contribution >= 4 is 50.2 Å². The van der Waals surface area contributed by atoms with Crippen LogP contribution in [0, 0.1) is 12.8 Å². The summed E-state index contributed by atoms with van der Waals surface area (Å²) in [6.45, 7) is 3.78. The summed E-state index contributed by atoms with van der Waals surface area (Å²) in [6, 6.07) is 7.29. The van der Waals surface area contributed by atoms with Crippen molar-refractivity contribution in [3.05, 3.63) is 33.6 Å². The number of benzene rings is 1. The monoisotopic (exact) mass is 490 g/mol. The van der Waals surface area contributed by atoms with Crippen LogP contribution >= 0.6 is 27.3 Å². The smallest absolute Gasteiger partial charge is 0.323 e. The zero-order valence-electron chi connectivity index (χ0n) is 16.8. The molecule has 9 heteroatoms. The number of nitrogens with zero attached hydrogens (tertiary/aromatic N) is 2. The first-order valence-electron chi connectivity index (χ1n) is 9.95. The zero-order chi connectivity index (χ0) is 21.5. The van der Waals surface area contributed by atoms with Crippen LogP contribution in [0.4, 0.5) is 9.93 Å². The summed E-state index contributed by atoms with van der Waals surface area (Å²) in [5, 5.41) is 6.02. The Labute approximate surface area is 187 Å². The van der Waals surface area contributed by atoms with E-state index in [2.05, 4.69) is 38.5 Å². The second kappa shape index (κ2) is 8.11. The molecule has 2 fully saturated rings. The summed E-state index contributed by atoms with van der Waals surface area (Å²) in [6.07, 6.45) is 3.03. The Balaban J connectivity index is 1.43. The van der Waals surface area contributed by atoms with Gasteiger partial charge in [-0.3, -0.25) is 14.5 Å². The van der Waals surface area contributed by atoms with Gasteiger partial charge in [0, 0.05) is 14.9 Å². The lowest BCUT2D eigenvalue weighted by atomic mass is 9.77. The zero-order valence-corrected chi connectivity index (χ0v) is 19.2. The van der Waals surface area contributed by atoms with Crippen LogP contribution < -0.4 is 10.6 Å². The van der Waals surface area contributed by atoms with Crippen LogP contribution in [-0.4, -0.2) is 39.8 Å². The maximum Gasteiger partial charge on any atom is 0.325 e. The lowest BCUT2D eigenvalue weighted by molar-refractivity contribution is -0.135. The highest BCUT2D eigenvalue weighted by molar-refractivity contribution is 9.10. The lowest BCUT2D eigenvalue weighted by Crippen LogP contribution is -2.49. The molecule has 1 spiro atoms. The molecule has 2 heterocycles. The molecular formula is C21H23BrN4O3S. The molecule has 2 N–H and O–H groups in total. The van der Waals surface area contributed by atoms with Crippen LogP contribution in [0.2, 0.25) is 0 Å². The van der Waals surface area contributed by atoms with E-state index >= 15 is 0 Å². The lowest BCUT2D eigenvalue weighted by Gasteiger charge is -2.33. The van der Waals surface area contributed by atoms with Gasteiger partial charge in [-0.15, -0.1) is 11.3 Å². The number of nitrogens with one attached hydrogen (secondary N) is 2. The number of amides is 4. The van der Waals surface area contributed by atoms with E-state index in [0.717, 1.165) is 38.3 Å². The third kappa shape index (κ3) is 4.00. The first-order valence-corrected chi connectivity index (χ1v) is 11.6. The van der Waals surface area contributed by atoms with Crippen molar-refractivity contribution in [1.82, 2.24) is 15.2 Å². The normalized spacial score (nSPS) is 23.7. The van der Waals surface area contributed by atoms with E-state index in [9.17, 15) is 14.4 Å². The molecule has 1 aliphatic carbocycles. The number of anilines is 1. The predicted octanol–water partition coefficient (Wildman–Crippen LogP) is 4.32. The number of urea groups is 1. The quantitative estimate of drug-likeness (QED) is 0.624. The molecule has 2 aromatic rings. The Morgan fingerprint density at radius 2 is 1.97 bits per heavy atom. The number of hydrogen-bond acceptors (Lipinski definition) is 5. The van der Waals surface area contributed by atoms with Crippen molar-refractivity contribution in [1.29, 1.82) is 0 Å². The van der Waals surface area contributed by atoms with Crippen LogP contribution in [-0.2, 0) is 9.59 Å². The van der Waals surface area contributed by atoms with Gasteiger partial charge in [0.2, 0.25) is 5.91 Å². The van der Waals surface area contributed by atoms with Gasteiger partial charge in [0.1, 0.15) is 12.1 Å². The van der Waals surface area contributed by atoms with Crippen LogP contribution in [0.3, 0.4) is 0 Å². The SMILES string of the molecule is Cc1sc(NC(=O)CN2C(=O)NC3(CCC(C)CC3)C2=O)nc1-c1ccc(Br)cc1. The Morgan fingerprint density at radius 1 is 1.30 bits per heavy atom. The van der Waals surface area contributed by atoms with Gasteiger partial charge in [0.15, 0.2) is 5.13 Å². The van der Waals surface area contributed by atoms with Crippen molar-refractivity contribution in [2.75, 3.05) is 11.9 Å². The minimum Gasteiger partial charge on any atom is -0.323 e. The molecule has 0 radical (unpaired) electrons. The van der Waals surface area contributed by atoms with Crippen molar-refractivity contribution in [2.45, 2.75) is 45.1 Å². The molecule has 4 amide bonds. The van der Waals surface area contributed by atoms with Crippen LogP contribution in [0.5, 0.6) is 0 Å². The summed E-state index contributed by atoms with van der Waals surface area (Å²) in [7, 11) is 0. The van der Waals surface area contributed by atoms with E-state index in [-0.39, 0.29) is 12.5 Å². The molecule has 1 saturated heterocycles. The van der Waals surface area contributed by atoms with E-state index in [0.29, 0.717) is 23.9 Å². The molecule has 0 atom stereocenters. The average molecular weight is 491 g/mol. The molecule has 7 nitrogen and oxygen atoms in total. The number of rotatable bonds is 4. The summed E-state index contributed by atoms with van der Waals surface area (Å²) >= 11 is 4.78. The molecule has 0 unspecified atom stereocenters. The molecule has 0 bridgehead atoms. The number of thiazole rings is 1. The fourth-order valence-electron chi connectivity index (χ4n) is 4.04. The molecular weight excluding hydrogens is 468 g/mol. The van der Waals surface area contributed by atoms with Gasteiger partial charge in [-0.2, -0.15) is 0 Å². The van der Waals surface area contributed by atoms with Crippen LogP contribution in [0.15, 0.2) is 28.7 Å². The van der Waals surface area contributed by atoms with E-state index < -0.39 is 17.5 Å². The van der Waals surface area contributed by atoms with Gasteiger partial charge in [-0.05, 0) is 50.7 Å². The van der Waals surface area contributed by atoms with Gasteiger partial charge in [0.05, 0.1) is 5.69 Å². The standard InChI is InChI=1S/C21H23BrN4O3S/c1-12-7-9-21(10-8-12)18(28)26(20(29)25-21)11-16(27)23-19-24-17(13(2)30-19)14-3-5-15(22)6-4-14/h3-6,12H,7-11H2,1-2H3,(H,25,29)(H,23,24,27). The average Bonchev–Trinajstić information content (AvgIpc) is 3.17. The Kier molecular flexibility index (Phi) is 5.67. The number of carbonyl (C=O) groups excluding carboxylic acids is 3. The van der Waals surface area contributed by atoms with Crippen LogP contribution in [0.1, 0.15) is 37.5 Å². The number of carbonyl (C=O) groups is 3. The van der Waals surface area contributed by atoms with E-state index in [4.69, 9.17) is 0 Å². The van der Waals surface area contributed by atoms with E-state index in [1.807, 2.05) is 31.2 Å². The maximum atomic E-state index is 12.9. The van der Waals surface area contributed by atoms with Crippen molar-refractivity contribution < 1.29 is 14.4 Å². The van der Waals surface area contributed by atoms with Crippen molar-refractivity contribution in [2.24, 2.45) is 5.92 Å². The first kappa shape index (κ1) is 21.0. The van der Waals surface area contributed by atoms with Crippen LogP contribution in [0.25, 0.3) is 11.3 Å². The summed E-state index contributed by atoms with van der Waals surface area (Å²) in [5.41, 5.74) is 0.916. The maximum absolute atomic E-state index is 12.9. The Bertz CT molecular complexity index is 996. The number of aryl methyl sites for hydroxylation is 1. The highest BCUT2D eigenvalue weighted by atomic mass is 79.9. The van der Waals surface area contributed by atoms with Gasteiger partial charge >= 0.3 is 6.03 Å².